The summed E-state index contributed by atoms with van der Waals surface area (Å²) >= 11 is 0. The average molecular weight is 608 g/mol. The first kappa shape index (κ1) is 31.2. The zero-order valence-electron chi connectivity index (χ0n) is 22.0. The van der Waals surface area contributed by atoms with Crippen molar-refractivity contribution in [3.05, 3.63) is 136 Å². The van der Waals surface area contributed by atoms with E-state index in [9.17, 15) is 35.1 Å². The van der Waals surface area contributed by atoms with Crippen LogP contribution >= 0.6 is 0 Å². The van der Waals surface area contributed by atoms with E-state index in [1.165, 1.54) is 12.1 Å². The molecule has 0 spiro atoms. The summed E-state index contributed by atoms with van der Waals surface area (Å²) in [6, 6.07) is 6.00. The minimum absolute atomic E-state index is 0.265. The third kappa shape index (κ3) is 6.53. The Kier molecular flexibility index (Phi) is 8.90. The lowest BCUT2D eigenvalue weighted by atomic mass is 9.99. The fraction of sp³-hybridized carbons (Fsp3) is 0.125. The number of benzene rings is 4. The van der Waals surface area contributed by atoms with Gasteiger partial charge in [0.05, 0.1) is 5.56 Å². The summed E-state index contributed by atoms with van der Waals surface area (Å²) in [4.78, 5) is 0. The van der Waals surface area contributed by atoms with Crippen molar-refractivity contribution in [1.82, 2.24) is 0 Å². The second kappa shape index (κ2) is 12.3. The van der Waals surface area contributed by atoms with Crippen molar-refractivity contribution in [2.24, 2.45) is 0 Å². The molecule has 1 nitrogen and oxygen atoms in total. The van der Waals surface area contributed by atoms with Crippen LogP contribution in [0.1, 0.15) is 34.2 Å². The highest BCUT2D eigenvalue weighted by Crippen LogP contribution is 2.39. The highest BCUT2D eigenvalue weighted by atomic mass is 19.3. The van der Waals surface area contributed by atoms with Crippen LogP contribution in [0.15, 0.2) is 61.2 Å². The number of aryl methyl sites for hydroxylation is 1. The summed E-state index contributed by atoms with van der Waals surface area (Å²) < 4.78 is 148. The molecule has 0 aliphatic carbocycles. The molecule has 0 amide bonds. The van der Waals surface area contributed by atoms with E-state index in [4.69, 9.17) is 0 Å². The van der Waals surface area contributed by atoms with Crippen molar-refractivity contribution in [2.45, 2.75) is 25.9 Å². The van der Waals surface area contributed by atoms with E-state index in [2.05, 4.69) is 11.3 Å². The number of rotatable bonds is 7. The normalized spacial score (nSPS) is 11.2. The molecule has 4 rings (SSSR count). The van der Waals surface area contributed by atoms with E-state index < -0.39 is 80.6 Å². The summed E-state index contributed by atoms with van der Waals surface area (Å²) in [6.45, 7) is 4.43. The van der Waals surface area contributed by atoms with Crippen molar-refractivity contribution < 1.29 is 48.6 Å². The zero-order chi connectivity index (χ0) is 31.6. The molecule has 0 N–H and O–H groups in total. The van der Waals surface area contributed by atoms with Crippen molar-refractivity contribution in [3.8, 4) is 28.7 Å². The van der Waals surface area contributed by atoms with Gasteiger partial charge in [0.15, 0.2) is 17.5 Å². The van der Waals surface area contributed by atoms with Gasteiger partial charge in [-0.15, -0.1) is 6.58 Å². The highest BCUT2D eigenvalue weighted by molar-refractivity contribution is 5.65. The molecular formula is C32H18F10O. The van der Waals surface area contributed by atoms with Gasteiger partial charge in [-0.2, -0.15) is 8.78 Å². The summed E-state index contributed by atoms with van der Waals surface area (Å²) in [5.74, 6) is -9.77. The quantitative estimate of drug-likeness (QED) is 0.0880. The minimum Gasteiger partial charge on any atom is -0.428 e. The maximum atomic E-state index is 15.0. The molecule has 0 heterocycles. The van der Waals surface area contributed by atoms with E-state index in [1.54, 1.807) is 6.08 Å². The second-order valence-corrected chi connectivity index (χ2v) is 9.25. The van der Waals surface area contributed by atoms with Crippen LogP contribution in [0.25, 0.3) is 11.1 Å². The lowest BCUT2D eigenvalue weighted by molar-refractivity contribution is -0.190. The number of halogens is 10. The van der Waals surface area contributed by atoms with Crippen LogP contribution < -0.4 is 4.74 Å². The second-order valence-electron chi connectivity index (χ2n) is 9.25. The summed E-state index contributed by atoms with van der Waals surface area (Å²) in [5.41, 5.74) is -4.24. The van der Waals surface area contributed by atoms with E-state index in [-0.39, 0.29) is 17.2 Å². The van der Waals surface area contributed by atoms with Crippen LogP contribution in [0.2, 0.25) is 0 Å². The lowest BCUT2D eigenvalue weighted by Gasteiger charge is -2.21. The van der Waals surface area contributed by atoms with Crippen LogP contribution in [-0.2, 0) is 12.5 Å². The maximum absolute atomic E-state index is 15.0. The number of ether oxygens (including phenoxy) is 1. The summed E-state index contributed by atoms with van der Waals surface area (Å²) in [6.07, 6.45) is -2.19. The SMILES string of the molecule is C=CCCc1ccc(-c2cc(F)c(C(F)(F)Oc3cc(F)c(C#Cc4cc(F)c(F)c(F)c4)c(F)c3C)c(F)c2)c(F)c1. The third-order valence-electron chi connectivity index (χ3n) is 6.28. The zero-order valence-corrected chi connectivity index (χ0v) is 22.0. The van der Waals surface area contributed by atoms with Gasteiger partial charge in [0.25, 0.3) is 0 Å². The molecular weight excluding hydrogens is 590 g/mol. The van der Waals surface area contributed by atoms with Crippen molar-refractivity contribution >= 4 is 0 Å². The molecule has 4 aromatic rings. The molecule has 0 saturated heterocycles. The highest BCUT2D eigenvalue weighted by Gasteiger charge is 2.42. The van der Waals surface area contributed by atoms with Gasteiger partial charge in [-0.25, -0.2) is 35.1 Å². The van der Waals surface area contributed by atoms with Gasteiger partial charge >= 0.3 is 6.11 Å². The van der Waals surface area contributed by atoms with Gasteiger partial charge < -0.3 is 4.74 Å². The molecule has 0 radical (unpaired) electrons. The molecule has 0 unspecified atom stereocenters. The van der Waals surface area contributed by atoms with E-state index in [0.717, 1.165) is 13.0 Å². The van der Waals surface area contributed by atoms with E-state index in [0.29, 0.717) is 42.7 Å². The van der Waals surface area contributed by atoms with Crippen LogP contribution in [0, 0.1) is 65.3 Å². The van der Waals surface area contributed by atoms with Gasteiger partial charge in [-0.1, -0.05) is 30.0 Å². The number of hydrogen-bond acceptors (Lipinski definition) is 1. The number of allylic oxidation sites excluding steroid dienone is 1. The Labute approximate surface area is 239 Å². The maximum Gasteiger partial charge on any atom is 0.432 e. The fourth-order valence-corrected chi connectivity index (χ4v) is 4.09. The Morgan fingerprint density at radius 1 is 0.744 bits per heavy atom. The van der Waals surface area contributed by atoms with Crippen molar-refractivity contribution in [3.63, 3.8) is 0 Å². The Balaban J connectivity index is 1.65. The van der Waals surface area contributed by atoms with E-state index >= 15 is 8.78 Å². The van der Waals surface area contributed by atoms with Crippen LogP contribution in [0.5, 0.6) is 5.75 Å². The van der Waals surface area contributed by atoms with Gasteiger partial charge in [0, 0.05) is 22.8 Å². The average Bonchev–Trinajstić information content (AvgIpc) is 2.92. The Hall–Kier alpha value is -4.72. The molecule has 43 heavy (non-hydrogen) atoms. The van der Waals surface area contributed by atoms with E-state index in [1.807, 2.05) is 11.8 Å². The smallest absolute Gasteiger partial charge is 0.428 e. The molecule has 0 fully saturated rings. The Morgan fingerprint density at radius 3 is 1.95 bits per heavy atom. The van der Waals surface area contributed by atoms with Crippen molar-refractivity contribution in [1.29, 1.82) is 0 Å². The van der Waals surface area contributed by atoms with Gasteiger partial charge in [0.1, 0.15) is 40.4 Å². The first-order valence-corrected chi connectivity index (χ1v) is 12.3. The van der Waals surface area contributed by atoms with Gasteiger partial charge in [-0.05, 0) is 61.2 Å². The number of alkyl halides is 2. The fourth-order valence-electron chi connectivity index (χ4n) is 4.09. The first-order valence-electron chi connectivity index (χ1n) is 12.3. The van der Waals surface area contributed by atoms with Gasteiger partial charge in [0.2, 0.25) is 0 Å². The third-order valence-corrected chi connectivity index (χ3v) is 6.28. The molecule has 0 bridgehead atoms. The molecule has 11 heteroatoms. The monoisotopic (exact) mass is 608 g/mol. The molecule has 0 aromatic heterocycles. The molecule has 0 saturated carbocycles. The Morgan fingerprint density at radius 2 is 1.37 bits per heavy atom. The topological polar surface area (TPSA) is 9.23 Å². The van der Waals surface area contributed by atoms with Crippen LogP contribution in [0.3, 0.4) is 0 Å². The predicted molar refractivity (Wildman–Crippen MR) is 138 cm³/mol. The minimum atomic E-state index is -4.81. The lowest BCUT2D eigenvalue weighted by Crippen LogP contribution is -2.26. The standard InChI is InChI=1S/C32H18F10O/c1-3-4-5-17-6-8-20(22(33)10-17)19-13-24(35)29(25(36)14-19)32(41,42)43-28-15-23(34)21(30(39)16(28)2)9-7-18-11-26(37)31(40)27(38)12-18/h3,6,8,10-15H,1,4-5H2,2H3. The predicted octanol–water partition coefficient (Wildman–Crippen LogP) is 9.42. The van der Waals surface area contributed by atoms with Crippen LogP contribution in [0.4, 0.5) is 43.9 Å². The molecule has 0 aliphatic heterocycles. The summed E-state index contributed by atoms with van der Waals surface area (Å²) in [7, 11) is 0. The molecule has 0 aliphatic rings. The van der Waals surface area contributed by atoms with Gasteiger partial charge in [-0.3, -0.25) is 0 Å². The molecule has 0 atom stereocenters. The van der Waals surface area contributed by atoms with Crippen LogP contribution in [-0.4, -0.2) is 0 Å². The Bertz CT molecular complexity index is 1750. The number of hydrogen-bond donors (Lipinski definition) is 0. The molecule has 4 aromatic carbocycles. The largest absolute Gasteiger partial charge is 0.432 e. The summed E-state index contributed by atoms with van der Waals surface area (Å²) in [5, 5.41) is 0. The van der Waals surface area contributed by atoms with Crippen molar-refractivity contribution in [2.75, 3.05) is 0 Å². The first-order chi connectivity index (χ1) is 20.2. The molecule has 222 valence electrons.